The summed E-state index contributed by atoms with van der Waals surface area (Å²) in [5, 5.41) is 9.03. The second kappa shape index (κ2) is 6.37. The van der Waals surface area contributed by atoms with Gasteiger partial charge in [0.15, 0.2) is 0 Å². The molecule has 9 nitrogen and oxygen atoms in total. The molecule has 0 aliphatic carbocycles. The lowest BCUT2D eigenvalue weighted by Gasteiger charge is -2.21. The van der Waals surface area contributed by atoms with Crippen molar-refractivity contribution < 1.29 is 32.6 Å². The zero-order chi connectivity index (χ0) is 15.5. The van der Waals surface area contributed by atoms with Crippen LogP contribution in [0.2, 0.25) is 0 Å². The quantitative estimate of drug-likeness (QED) is 0.704. The largest absolute Gasteiger partial charge is 0.480 e. The molecule has 0 saturated carbocycles. The van der Waals surface area contributed by atoms with E-state index in [1.54, 1.807) is 18.6 Å². The topological polar surface area (TPSA) is 122 Å². The maximum absolute atomic E-state index is 12.0. The van der Waals surface area contributed by atoms with Crippen LogP contribution >= 0.6 is 0 Å². The number of carboxylic acid groups (broad SMARTS) is 1. The smallest absolute Gasteiger partial charge is 0.422 e. The highest BCUT2D eigenvalue weighted by atomic mass is 32.2. The van der Waals surface area contributed by atoms with Crippen molar-refractivity contribution >= 4 is 22.3 Å². The second-order valence-corrected chi connectivity index (χ2v) is 6.20. The minimum atomic E-state index is -4.29. The molecule has 116 valence electrons. The minimum Gasteiger partial charge on any atom is -0.480 e. The van der Waals surface area contributed by atoms with Crippen LogP contribution in [0, 0.1) is 0 Å². The predicted octanol–water partition coefficient (Wildman–Crippen LogP) is -0.460. The molecule has 0 aromatic carbocycles. The number of nitrogens with one attached hydrogen (secondary N) is 1. The molecule has 10 heteroatoms. The molecule has 0 spiro atoms. The normalized spacial score (nSPS) is 23.8. The lowest BCUT2D eigenvalue weighted by molar-refractivity contribution is -0.140. The van der Waals surface area contributed by atoms with Crippen molar-refractivity contribution in [1.82, 2.24) is 9.03 Å². The summed E-state index contributed by atoms with van der Waals surface area (Å²) < 4.78 is 36.0. The number of hydrogen-bond donors (Lipinski definition) is 2. The SMILES string of the molecule is COC1CC(C(=O)O)N(S(=O)(=O)NC(=O)OC(C)C)C1. The van der Waals surface area contributed by atoms with Gasteiger partial charge in [-0.1, -0.05) is 0 Å². The third-order valence-corrected chi connectivity index (χ3v) is 4.15. The van der Waals surface area contributed by atoms with Gasteiger partial charge in [0.25, 0.3) is 0 Å². The first-order chi connectivity index (χ1) is 9.17. The summed E-state index contributed by atoms with van der Waals surface area (Å²) in [5.74, 6) is -1.30. The Morgan fingerprint density at radius 3 is 2.45 bits per heavy atom. The van der Waals surface area contributed by atoms with Gasteiger partial charge in [-0.2, -0.15) is 12.7 Å². The molecule has 0 aromatic heterocycles. The van der Waals surface area contributed by atoms with Gasteiger partial charge in [0.2, 0.25) is 0 Å². The predicted molar refractivity (Wildman–Crippen MR) is 67.2 cm³/mol. The average molecular weight is 310 g/mol. The Morgan fingerprint density at radius 2 is 2.00 bits per heavy atom. The fourth-order valence-corrected chi connectivity index (χ4v) is 3.08. The van der Waals surface area contributed by atoms with E-state index in [0.29, 0.717) is 4.31 Å². The number of methoxy groups -OCH3 is 1. The number of hydrogen-bond acceptors (Lipinski definition) is 6. The van der Waals surface area contributed by atoms with Gasteiger partial charge >= 0.3 is 22.3 Å². The van der Waals surface area contributed by atoms with Crippen molar-refractivity contribution in [2.45, 2.75) is 38.5 Å². The maximum Gasteiger partial charge on any atom is 0.422 e. The lowest BCUT2D eigenvalue weighted by atomic mass is 10.2. The molecule has 2 unspecified atom stereocenters. The van der Waals surface area contributed by atoms with E-state index in [1.165, 1.54) is 7.11 Å². The number of carbonyl (C=O) groups excluding carboxylic acids is 1. The zero-order valence-electron chi connectivity index (χ0n) is 11.4. The van der Waals surface area contributed by atoms with E-state index < -0.39 is 40.5 Å². The fourth-order valence-electron chi connectivity index (χ4n) is 1.83. The Kier molecular flexibility index (Phi) is 5.31. The number of nitrogens with zero attached hydrogens (tertiary/aromatic N) is 1. The minimum absolute atomic E-state index is 0.0198. The van der Waals surface area contributed by atoms with E-state index in [2.05, 4.69) is 4.74 Å². The average Bonchev–Trinajstić information content (AvgIpc) is 2.71. The first kappa shape index (κ1) is 16.7. The van der Waals surface area contributed by atoms with Crippen molar-refractivity contribution in [3.05, 3.63) is 0 Å². The van der Waals surface area contributed by atoms with E-state index in [9.17, 15) is 18.0 Å². The lowest BCUT2D eigenvalue weighted by Crippen LogP contribution is -2.48. The first-order valence-corrected chi connectivity index (χ1v) is 7.37. The van der Waals surface area contributed by atoms with Gasteiger partial charge < -0.3 is 14.6 Å². The molecule has 0 radical (unpaired) electrons. The molecule has 0 aromatic rings. The number of carboxylic acids is 1. The molecule has 1 aliphatic heterocycles. The molecule has 0 bridgehead atoms. The van der Waals surface area contributed by atoms with E-state index in [0.717, 1.165) is 0 Å². The van der Waals surface area contributed by atoms with Crippen LogP contribution in [0.1, 0.15) is 20.3 Å². The van der Waals surface area contributed by atoms with Crippen LogP contribution in [-0.4, -0.2) is 61.8 Å². The fraction of sp³-hybridized carbons (Fsp3) is 0.800. The molecule has 1 amide bonds. The Morgan fingerprint density at radius 1 is 1.40 bits per heavy atom. The molecular formula is C10H18N2O7S. The second-order valence-electron chi connectivity index (χ2n) is 4.58. The number of aliphatic carboxylic acids is 1. The van der Waals surface area contributed by atoms with Crippen LogP contribution < -0.4 is 4.72 Å². The summed E-state index contributed by atoms with van der Waals surface area (Å²) in [5.41, 5.74) is 0. The van der Waals surface area contributed by atoms with Crippen LogP contribution in [-0.2, 0) is 24.5 Å². The van der Waals surface area contributed by atoms with Crippen molar-refractivity contribution in [2.75, 3.05) is 13.7 Å². The maximum atomic E-state index is 12.0. The number of carbonyl (C=O) groups is 2. The third kappa shape index (κ3) is 4.05. The summed E-state index contributed by atoms with van der Waals surface area (Å²) in [6, 6.07) is -1.27. The summed E-state index contributed by atoms with van der Waals surface area (Å²) in [6.07, 6.45) is -2.16. The molecule has 2 atom stereocenters. The Balaban J connectivity index is 2.84. The van der Waals surface area contributed by atoms with Crippen molar-refractivity contribution in [1.29, 1.82) is 0 Å². The molecular weight excluding hydrogens is 292 g/mol. The first-order valence-electron chi connectivity index (χ1n) is 5.93. The molecule has 1 fully saturated rings. The molecule has 1 aliphatic rings. The molecule has 1 saturated heterocycles. The van der Waals surface area contributed by atoms with Crippen LogP contribution in [0.4, 0.5) is 4.79 Å². The summed E-state index contributed by atoms with van der Waals surface area (Å²) in [6.45, 7) is 2.98. The Hall–Kier alpha value is -1.39. The number of ether oxygens (including phenoxy) is 2. The molecule has 20 heavy (non-hydrogen) atoms. The number of rotatable bonds is 5. The molecule has 1 rings (SSSR count). The van der Waals surface area contributed by atoms with Crippen LogP contribution in [0.15, 0.2) is 0 Å². The van der Waals surface area contributed by atoms with Crippen LogP contribution in [0.25, 0.3) is 0 Å². The Bertz CT molecular complexity index is 476. The highest BCUT2D eigenvalue weighted by molar-refractivity contribution is 7.87. The van der Waals surface area contributed by atoms with Gasteiger partial charge in [-0.3, -0.25) is 4.79 Å². The Labute approximate surface area is 117 Å². The molecule has 2 N–H and O–H groups in total. The van der Waals surface area contributed by atoms with Crippen molar-refractivity contribution in [2.24, 2.45) is 0 Å². The van der Waals surface area contributed by atoms with E-state index >= 15 is 0 Å². The van der Waals surface area contributed by atoms with Crippen LogP contribution in [0.5, 0.6) is 0 Å². The van der Waals surface area contributed by atoms with E-state index in [-0.39, 0.29) is 13.0 Å². The van der Waals surface area contributed by atoms with Gasteiger partial charge in [-0.05, 0) is 13.8 Å². The van der Waals surface area contributed by atoms with E-state index in [1.807, 2.05) is 0 Å². The summed E-state index contributed by atoms with van der Waals surface area (Å²) in [4.78, 5) is 22.4. The zero-order valence-corrected chi connectivity index (χ0v) is 12.2. The van der Waals surface area contributed by atoms with Crippen molar-refractivity contribution in [3.8, 4) is 0 Å². The third-order valence-electron chi connectivity index (χ3n) is 2.70. The number of amides is 1. The summed E-state index contributed by atoms with van der Waals surface area (Å²) in [7, 11) is -2.93. The highest BCUT2D eigenvalue weighted by Gasteiger charge is 2.44. The summed E-state index contributed by atoms with van der Waals surface area (Å²) >= 11 is 0. The van der Waals surface area contributed by atoms with E-state index in [4.69, 9.17) is 9.84 Å². The van der Waals surface area contributed by atoms with Gasteiger partial charge in [0, 0.05) is 20.1 Å². The van der Waals surface area contributed by atoms with Crippen LogP contribution in [0.3, 0.4) is 0 Å². The molecule has 1 heterocycles. The standard InChI is InChI=1S/C10H18N2O7S/c1-6(2)19-10(15)11-20(16,17)12-5-7(18-3)4-8(12)9(13)14/h6-8H,4-5H2,1-3H3,(H,11,15)(H,13,14). The van der Waals surface area contributed by atoms with Gasteiger partial charge in [0.1, 0.15) is 6.04 Å². The monoisotopic (exact) mass is 310 g/mol. The van der Waals surface area contributed by atoms with Gasteiger partial charge in [-0.25, -0.2) is 9.52 Å². The van der Waals surface area contributed by atoms with Crippen molar-refractivity contribution in [3.63, 3.8) is 0 Å². The van der Waals surface area contributed by atoms with Gasteiger partial charge in [-0.15, -0.1) is 0 Å². The van der Waals surface area contributed by atoms with Gasteiger partial charge in [0.05, 0.1) is 12.2 Å². The highest BCUT2D eigenvalue weighted by Crippen LogP contribution is 2.22.